The number of fused-ring (bicyclic) bond motifs is 1. The van der Waals surface area contributed by atoms with Crippen molar-refractivity contribution in [2.24, 2.45) is 0 Å². The molecule has 0 fully saturated rings. The van der Waals surface area contributed by atoms with Crippen molar-refractivity contribution in [1.29, 1.82) is 0 Å². The molecule has 0 spiro atoms. The van der Waals surface area contributed by atoms with Crippen LogP contribution in [0.15, 0.2) is 6.07 Å². The first-order chi connectivity index (χ1) is 12.1. The fourth-order valence-corrected chi connectivity index (χ4v) is 4.14. The molecule has 1 unspecified atom stereocenters. The molecule has 2 heteroatoms. The molecule has 0 saturated heterocycles. The second-order valence-corrected chi connectivity index (χ2v) is 10.1. The molecule has 0 saturated carbocycles. The van der Waals surface area contributed by atoms with E-state index in [0.29, 0.717) is 5.75 Å². The number of benzene rings is 1. The van der Waals surface area contributed by atoms with E-state index < -0.39 is 0 Å². The van der Waals surface area contributed by atoms with Crippen LogP contribution in [0.5, 0.6) is 11.5 Å². The molecular weight excluding hydrogens is 320 g/mol. The highest BCUT2D eigenvalue weighted by Gasteiger charge is 2.35. The minimum absolute atomic E-state index is 0.0895. The second kappa shape index (κ2) is 8.23. The Morgan fingerprint density at radius 3 is 2.15 bits per heavy atom. The van der Waals surface area contributed by atoms with E-state index in [1.54, 1.807) is 0 Å². The predicted molar refractivity (Wildman–Crippen MR) is 112 cm³/mol. The number of hydrogen-bond acceptors (Lipinski definition) is 2. The first kappa shape index (κ1) is 21.1. The van der Waals surface area contributed by atoms with Crippen molar-refractivity contribution in [2.45, 2.75) is 117 Å². The zero-order chi connectivity index (χ0) is 19.5. The van der Waals surface area contributed by atoms with E-state index in [-0.39, 0.29) is 16.9 Å². The Morgan fingerprint density at radius 2 is 1.58 bits per heavy atom. The maximum Gasteiger partial charge on any atom is 0.123 e. The first-order valence-corrected chi connectivity index (χ1v) is 10.6. The van der Waals surface area contributed by atoms with Gasteiger partial charge in [0.25, 0.3) is 0 Å². The Labute approximate surface area is 161 Å². The third kappa shape index (κ3) is 4.96. The van der Waals surface area contributed by atoms with Crippen LogP contribution < -0.4 is 4.74 Å². The van der Waals surface area contributed by atoms with Crippen LogP contribution in [0.25, 0.3) is 0 Å². The molecule has 26 heavy (non-hydrogen) atoms. The average Bonchev–Trinajstić information content (AvgIpc) is 2.89. The molecule has 2 rings (SSSR count). The number of aromatic hydroxyl groups is 1. The van der Waals surface area contributed by atoms with Crippen LogP contribution in [0.1, 0.15) is 110 Å². The first-order valence-electron chi connectivity index (χ1n) is 10.6. The Hall–Kier alpha value is -1.18. The van der Waals surface area contributed by atoms with Crippen molar-refractivity contribution in [3.05, 3.63) is 22.8 Å². The van der Waals surface area contributed by atoms with Crippen LogP contribution in [0.2, 0.25) is 0 Å². The van der Waals surface area contributed by atoms with Crippen molar-refractivity contribution in [2.75, 3.05) is 0 Å². The lowest BCUT2D eigenvalue weighted by Crippen LogP contribution is -2.19. The van der Waals surface area contributed by atoms with E-state index in [4.69, 9.17) is 4.74 Å². The van der Waals surface area contributed by atoms with Gasteiger partial charge < -0.3 is 9.84 Å². The topological polar surface area (TPSA) is 29.5 Å². The average molecular weight is 361 g/mol. The highest BCUT2D eigenvalue weighted by Crippen LogP contribution is 2.48. The van der Waals surface area contributed by atoms with Gasteiger partial charge in [-0.2, -0.15) is 0 Å². The molecule has 0 aromatic heterocycles. The van der Waals surface area contributed by atoms with Crippen molar-refractivity contribution in [3.63, 3.8) is 0 Å². The second-order valence-electron chi connectivity index (χ2n) is 10.1. The Balaban J connectivity index is 2.15. The molecule has 0 radical (unpaired) electrons. The van der Waals surface area contributed by atoms with Crippen LogP contribution >= 0.6 is 0 Å². The molecule has 0 bridgehead atoms. The highest BCUT2D eigenvalue weighted by molar-refractivity contribution is 5.59. The Morgan fingerprint density at radius 1 is 0.962 bits per heavy atom. The largest absolute Gasteiger partial charge is 0.507 e. The SMILES string of the molecule is CCCCCCCCC1Cc2c(cc(C(C)(C)C)c(O)c2C(C)(C)C)O1. The molecule has 1 N–H and O–H groups in total. The lowest BCUT2D eigenvalue weighted by Gasteiger charge is -2.29. The van der Waals surface area contributed by atoms with Gasteiger partial charge in [-0.15, -0.1) is 0 Å². The van der Waals surface area contributed by atoms with Gasteiger partial charge in [0, 0.05) is 23.1 Å². The summed E-state index contributed by atoms with van der Waals surface area (Å²) in [6.45, 7) is 15.3. The summed E-state index contributed by atoms with van der Waals surface area (Å²) in [5, 5.41) is 11.1. The fourth-order valence-electron chi connectivity index (χ4n) is 4.14. The molecule has 1 aromatic rings. The normalized spacial score (nSPS) is 17.3. The number of ether oxygens (including phenoxy) is 1. The molecular formula is C24H40O2. The zero-order valence-corrected chi connectivity index (χ0v) is 18.2. The van der Waals surface area contributed by atoms with Crippen LogP contribution in [-0.4, -0.2) is 11.2 Å². The molecule has 0 aliphatic carbocycles. The number of unbranched alkanes of at least 4 members (excludes halogenated alkanes) is 5. The van der Waals surface area contributed by atoms with Gasteiger partial charge in [-0.25, -0.2) is 0 Å². The van der Waals surface area contributed by atoms with Gasteiger partial charge in [0.1, 0.15) is 17.6 Å². The van der Waals surface area contributed by atoms with E-state index in [1.807, 2.05) is 0 Å². The summed E-state index contributed by atoms with van der Waals surface area (Å²) in [7, 11) is 0. The van der Waals surface area contributed by atoms with Gasteiger partial charge in [-0.05, 0) is 29.7 Å². The minimum atomic E-state index is -0.0974. The van der Waals surface area contributed by atoms with E-state index >= 15 is 0 Å². The quantitative estimate of drug-likeness (QED) is 0.528. The number of rotatable bonds is 7. The van der Waals surface area contributed by atoms with E-state index in [9.17, 15) is 5.11 Å². The summed E-state index contributed by atoms with van der Waals surface area (Å²) < 4.78 is 6.35. The molecule has 1 aromatic carbocycles. The summed E-state index contributed by atoms with van der Waals surface area (Å²) in [6, 6.07) is 2.10. The maximum atomic E-state index is 11.1. The van der Waals surface area contributed by atoms with Crippen LogP contribution in [0, 0.1) is 0 Å². The number of hydrogen-bond donors (Lipinski definition) is 1. The monoisotopic (exact) mass is 360 g/mol. The number of phenols is 1. The highest BCUT2D eigenvalue weighted by atomic mass is 16.5. The Bertz CT molecular complexity index is 602. The van der Waals surface area contributed by atoms with Crippen LogP contribution in [-0.2, 0) is 17.3 Å². The van der Waals surface area contributed by atoms with Gasteiger partial charge in [0.15, 0.2) is 0 Å². The number of phenolic OH excluding ortho intramolecular Hbond substituents is 1. The summed E-state index contributed by atoms with van der Waals surface area (Å²) in [5.74, 6) is 1.49. The maximum absolute atomic E-state index is 11.1. The zero-order valence-electron chi connectivity index (χ0n) is 18.2. The smallest absolute Gasteiger partial charge is 0.123 e. The summed E-state index contributed by atoms with van der Waals surface area (Å²) in [4.78, 5) is 0. The summed E-state index contributed by atoms with van der Waals surface area (Å²) in [6.07, 6.45) is 10.2. The summed E-state index contributed by atoms with van der Waals surface area (Å²) >= 11 is 0. The summed E-state index contributed by atoms with van der Waals surface area (Å²) in [5.41, 5.74) is 3.14. The van der Waals surface area contributed by atoms with Gasteiger partial charge in [0.05, 0.1) is 0 Å². The van der Waals surface area contributed by atoms with Gasteiger partial charge in [-0.3, -0.25) is 0 Å². The molecule has 0 amide bonds. The minimum Gasteiger partial charge on any atom is -0.507 e. The molecule has 1 aliphatic rings. The fraction of sp³-hybridized carbons (Fsp3) is 0.750. The van der Waals surface area contributed by atoms with Crippen molar-refractivity contribution >= 4 is 0 Å². The molecule has 1 heterocycles. The van der Waals surface area contributed by atoms with Gasteiger partial charge in [0.2, 0.25) is 0 Å². The predicted octanol–water partition coefficient (Wildman–Crippen LogP) is 7.04. The van der Waals surface area contributed by atoms with Crippen LogP contribution in [0.3, 0.4) is 0 Å². The van der Waals surface area contributed by atoms with Gasteiger partial charge in [-0.1, -0.05) is 80.6 Å². The van der Waals surface area contributed by atoms with E-state index in [0.717, 1.165) is 29.7 Å². The van der Waals surface area contributed by atoms with Crippen molar-refractivity contribution in [3.8, 4) is 11.5 Å². The van der Waals surface area contributed by atoms with E-state index in [2.05, 4.69) is 54.5 Å². The molecule has 2 nitrogen and oxygen atoms in total. The van der Waals surface area contributed by atoms with Crippen molar-refractivity contribution < 1.29 is 9.84 Å². The molecule has 1 aliphatic heterocycles. The lowest BCUT2D eigenvalue weighted by molar-refractivity contribution is 0.216. The standard InChI is InChI=1S/C24H40O2/c1-8-9-10-11-12-13-14-17-15-18-20(26-17)16-19(23(2,3)4)22(25)21(18)24(5,6)7/h16-17,25H,8-15H2,1-7H3. The van der Waals surface area contributed by atoms with E-state index in [1.165, 1.54) is 44.1 Å². The van der Waals surface area contributed by atoms with Crippen LogP contribution in [0.4, 0.5) is 0 Å². The van der Waals surface area contributed by atoms with Crippen molar-refractivity contribution in [1.82, 2.24) is 0 Å². The van der Waals surface area contributed by atoms with Gasteiger partial charge >= 0.3 is 0 Å². The molecule has 148 valence electrons. The lowest BCUT2D eigenvalue weighted by atomic mass is 9.76. The Kier molecular flexibility index (Phi) is 6.69. The third-order valence-electron chi connectivity index (χ3n) is 5.53. The molecule has 1 atom stereocenters. The third-order valence-corrected chi connectivity index (χ3v) is 5.53.